The lowest BCUT2D eigenvalue weighted by Crippen LogP contribution is -2.48. The molecule has 0 unspecified atom stereocenters. The summed E-state index contributed by atoms with van der Waals surface area (Å²) in [7, 11) is -1.36. The summed E-state index contributed by atoms with van der Waals surface area (Å²) in [5, 5.41) is 0. The Hall–Kier alpha value is 0.314. The van der Waals surface area contributed by atoms with Crippen LogP contribution in [0.2, 0.25) is 35.8 Å². The Morgan fingerprint density at radius 2 is 1.27 bits per heavy atom. The lowest BCUT2D eigenvalue weighted by atomic mass is 10.5. The van der Waals surface area contributed by atoms with E-state index in [-0.39, 0.29) is 0 Å². The first-order valence-electron chi connectivity index (χ1n) is 8.87. The molecule has 0 atom stereocenters. The second-order valence-electron chi connectivity index (χ2n) is 7.85. The van der Waals surface area contributed by atoms with Crippen molar-refractivity contribution < 1.29 is 13.6 Å². The zero-order valence-corrected chi connectivity index (χ0v) is 18.5. The molecule has 0 heterocycles. The number of hydrogen-bond donors (Lipinski definition) is 0. The van der Waals surface area contributed by atoms with Gasteiger partial charge in [-0.05, 0) is 42.2 Å². The molecule has 0 aliphatic rings. The molecule has 0 aliphatic heterocycles. The van der Waals surface area contributed by atoms with Crippen molar-refractivity contribution in [3.63, 3.8) is 0 Å². The van der Waals surface area contributed by atoms with Crippen LogP contribution in [-0.4, -0.2) is 43.6 Å². The van der Waals surface area contributed by atoms with Crippen LogP contribution in [0.25, 0.3) is 0 Å². The van der Waals surface area contributed by atoms with Crippen LogP contribution in [0.4, 0.5) is 0 Å². The minimum absolute atomic E-state index is 0.655. The van der Waals surface area contributed by atoms with Gasteiger partial charge in [0.1, 0.15) is 0 Å². The average molecular weight is 349 g/mol. The third-order valence-corrected chi connectivity index (χ3v) is 13.5. The van der Waals surface area contributed by atoms with Gasteiger partial charge in [-0.15, -0.1) is 0 Å². The average Bonchev–Trinajstić information content (AvgIpc) is 2.40. The largest absolute Gasteiger partial charge is 0.420 e. The monoisotopic (exact) mass is 348 g/mol. The van der Waals surface area contributed by atoms with Crippen molar-refractivity contribution in [2.75, 3.05) is 26.9 Å². The van der Waals surface area contributed by atoms with Crippen molar-refractivity contribution in [3.05, 3.63) is 0 Å². The van der Waals surface area contributed by atoms with Gasteiger partial charge in [-0.1, -0.05) is 41.5 Å². The first kappa shape index (κ1) is 22.3. The van der Waals surface area contributed by atoms with Crippen LogP contribution in [0.15, 0.2) is 0 Å². The van der Waals surface area contributed by atoms with Crippen molar-refractivity contribution in [1.82, 2.24) is 0 Å². The van der Waals surface area contributed by atoms with E-state index in [2.05, 4.69) is 54.6 Å². The Balaban J connectivity index is 4.11. The maximum absolute atomic E-state index is 6.53. The van der Waals surface area contributed by atoms with Crippen LogP contribution in [0.1, 0.15) is 48.0 Å². The van der Waals surface area contributed by atoms with Crippen molar-refractivity contribution >= 4 is 16.6 Å². The molecule has 0 aromatic heterocycles. The molecular weight excluding hydrogens is 308 g/mol. The summed E-state index contributed by atoms with van der Waals surface area (Å²) in [6, 6.07) is 1.06. The molecule has 0 saturated carbocycles. The molecule has 3 nitrogen and oxygen atoms in total. The van der Waals surface area contributed by atoms with Crippen LogP contribution in [0.5, 0.6) is 0 Å². The smallest absolute Gasteiger partial charge is 0.200 e. The lowest BCUT2D eigenvalue weighted by molar-refractivity contribution is 0.124. The molecule has 0 fully saturated rings. The van der Waals surface area contributed by atoms with Gasteiger partial charge in [0.2, 0.25) is 0 Å². The first-order valence-corrected chi connectivity index (χ1v) is 14.1. The fourth-order valence-electron chi connectivity index (χ4n) is 3.43. The lowest BCUT2D eigenvalue weighted by Gasteiger charge is -2.42. The van der Waals surface area contributed by atoms with E-state index in [0.717, 1.165) is 32.3 Å². The van der Waals surface area contributed by atoms with Crippen molar-refractivity contribution in [2.24, 2.45) is 0 Å². The van der Waals surface area contributed by atoms with E-state index in [1.165, 1.54) is 0 Å². The van der Waals surface area contributed by atoms with Crippen molar-refractivity contribution in [3.8, 4) is 0 Å². The molecule has 5 heteroatoms. The SMILES string of the molecule is CO[Si](C)(C)CCOCCCO[Si](C(C)C)(C(C)C)C(C)C. The van der Waals surface area contributed by atoms with Gasteiger partial charge in [-0.2, -0.15) is 0 Å². The minimum Gasteiger partial charge on any atom is -0.420 e. The van der Waals surface area contributed by atoms with E-state index < -0.39 is 16.6 Å². The van der Waals surface area contributed by atoms with Crippen LogP contribution >= 0.6 is 0 Å². The molecule has 0 radical (unpaired) electrons. The maximum atomic E-state index is 6.53. The Morgan fingerprint density at radius 1 is 0.773 bits per heavy atom. The predicted octanol–water partition coefficient (Wildman–Crippen LogP) is 5.44. The van der Waals surface area contributed by atoms with Gasteiger partial charge in [0, 0.05) is 26.9 Å². The molecule has 0 amide bonds. The van der Waals surface area contributed by atoms with Gasteiger partial charge in [0.25, 0.3) is 0 Å². The van der Waals surface area contributed by atoms with E-state index in [1.54, 1.807) is 0 Å². The van der Waals surface area contributed by atoms with Gasteiger partial charge in [-0.3, -0.25) is 0 Å². The van der Waals surface area contributed by atoms with E-state index in [9.17, 15) is 0 Å². The second kappa shape index (κ2) is 10.2. The summed E-state index contributed by atoms with van der Waals surface area (Å²) in [5.74, 6) is 0. The highest BCUT2D eigenvalue weighted by atomic mass is 28.4. The predicted molar refractivity (Wildman–Crippen MR) is 102 cm³/mol. The van der Waals surface area contributed by atoms with Gasteiger partial charge in [0.15, 0.2) is 16.6 Å². The van der Waals surface area contributed by atoms with Crippen molar-refractivity contribution in [2.45, 2.75) is 83.7 Å². The summed E-state index contributed by atoms with van der Waals surface area (Å²) in [6.45, 7) is 20.9. The Bertz CT molecular complexity index is 270. The fourth-order valence-corrected chi connectivity index (χ4v) is 9.77. The molecule has 0 N–H and O–H groups in total. The van der Waals surface area contributed by atoms with Crippen LogP contribution < -0.4 is 0 Å². The summed E-state index contributed by atoms with van der Waals surface area (Å²) in [4.78, 5) is 0. The molecular formula is C17H40O3Si2. The molecule has 0 aliphatic carbocycles. The summed E-state index contributed by atoms with van der Waals surface area (Å²) in [5.41, 5.74) is 1.96. The highest BCUT2D eigenvalue weighted by Crippen LogP contribution is 2.42. The standard InChI is InChI=1S/C17H40O3Si2/c1-15(2)22(16(3)4,17(5)6)20-12-10-11-19-13-14-21(8,9)18-7/h15-17H,10-14H2,1-9H3. The van der Waals surface area contributed by atoms with Gasteiger partial charge in [-0.25, -0.2) is 0 Å². The van der Waals surface area contributed by atoms with Crippen LogP contribution in [0, 0.1) is 0 Å². The zero-order chi connectivity index (χ0) is 17.4. The van der Waals surface area contributed by atoms with E-state index in [1.807, 2.05) is 7.11 Å². The third-order valence-electron chi connectivity index (χ3n) is 4.89. The molecule has 0 aromatic rings. The molecule has 134 valence electrons. The zero-order valence-electron chi connectivity index (χ0n) is 16.5. The molecule has 0 rings (SSSR count). The molecule has 22 heavy (non-hydrogen) atoms. The van der Waals surface area contributed by atoms with Crippen LogP contribution in [0.3, 0.4) is 0 Å². The maximum Gasteiger partial charge on any atom is 0.200 e. The Labute approximate surface area is 141 Å². The number of rotatable bonds is 12. The Morgan fingerprint density at radius 3 is 1.68 bits per heavy atom. The van der Waals surface area contributed by atoms with E-state index >= 15 is 0 Å². The normalized spacial score (nSPS) is 13.6. The molecule has 0 aromatic carbocycles. The second-order valence-corrected chi connectivity index (χ2v) is 17.7. The summed E-state index contributed by atoms with van der Waals surface area (Å²) >= 11 is 0. The summed E-state index contributed by atoms with van der Waals surface area (Å²) < 4.78 is 17.8. The van der Waals surface area contributed by atoms with E-state index in [0.29, 0.717) is 16.6 Å². The first-order chi connectivity index (χ1) is 10.1. The van der Waals surface area contributed by atoms with Gasteiger partial charge >= 0.3 is 0 Å². The molecule has 0 bridgehead atoms. The minimum atomic E-state index is -1.70. The number of hydrogen-bond acceptors (Lipinski definition) is 3. The number of ether oxygens (including phenoxy) is 1. The fraction of sp³-hybridized carbons (Fsp3) is 1.00. The quantitative estimate of drug-likeness (QED) is 0.347. The van der Waals surface area contributed by atoms with Gasteiger partial charge < -0.3 is 13.6 Å². The highest BCUT2D eigenvalue weighted by Gasteiger charge is 2.44. The van der Waals surface area contributed by atoms with Crippen molar-refractivity contribution in [1.29, 1.82) is 0 Å². The summed E-state index contributed by atoms with van der Waals surface area (Å²) in [6.07, 6.45) is 0.996. The highest BCUT2D eigenvalue weighted by molar-refractivity contribution is 6.77. The van der Waals surface area contributed by atoms with Crippen LogP contribution in [-0.2, 0) is 13.6 Å². The third kappa shape index (κ3) is 6.83. The van der Waals surface area contributed by atoms with E-state index in [4.69, 9.17) is 13.6 Å². The topological polar surface area (TPSA) is 27.7 Å². The Kier molecular flexibility index (Phi) is 10.4. The van der Waals surface area contributed by atoms with Gasteiger partial charge in [0.05, 0.1) is 0 Å². The molecule has 0 saturated heterocycles. The molecule has 0 spiro atoms.